The van der Waals surface area contributed by atoms with Gasteiger partial charge in [0.1, 0.15) is 6.04 Å². The summed E-state index contributed by atoms with van der Waals surface area (Å²) in [7, 11) is -4.33. The summed E-state index contributed by atoms with van der Waals surface area (Å²) in [5, 5.41) is 27.3. The number of phenols is 1. The van der Waals surface area contributed by atoms with E-state index in [9.17, 15) is 32.6 Å². The molecule has 0 bridgehead atoms. The van der Waals surface area contributed by atoms with Gasteiger partial charge in [-0.3, -0.25) is 4.79 Å². The van der Waals surface area contributed by atoms with E-state index in [4.69, 9.17) is 0 Å². The number of nitrogens with zero attached hydrogens (tertiary/aromatic N) is 4. The highest BCUT2D eigenvalue weighted by Gasteiger charge is 2.41. The predicted octanol–water partition coefficient (Wildman–Crippen LogP) is 4.30. The fourth-order valence-electron chi connectivity index (χ4n) is 5.99. The number of phenolic OH excluding ortho intramolecular Hbond substituents is 1. The molecule has 48 heavy (non-hydrogen) atoms. The molecule has 3 N–H and O–H groups in total. The quantitative estimate of drug-likeness (QED) is 0.214. The summed E-state index contributed by atoms with van der Waals surface area (Å²) in [5.41, 5.74) is 1.75. The molecule has 0 spiro atoms. The maximum Gasteiger partial charge on any atom is 0.321 e. The lowest BCUT2D eigenvalue weighted by atomic mass is 9.97. The number of benzene rings is 2. The molecule has 11 nitrogen and oxygen atoms in total. The Hall–Kier alpha value is -3.59. The zero-order valence-electron chi connectivity index (χ0n) is 28.3. The summed E-state index contributed by atoms with van der Waals surface area (Å²) >= 11 is 1.51. The third-order valence-electron chi connectivity index (χ3n) is 8.29. The Morgan fingerprint density at radius 3 is 2.40 bits per heavy atom. The number of sulfonamides is 1. The number of nitrogens with one attached hydrogen (secondary N) is 1. The molecular formula is C34H46FN5O6S2. The smallest absolute Gasteiger partial charge is 0.321 e. The molecular weight excluding hydrogens is 658 g/mol. The van der Waals surface area contributed by atoms with Crippen molar-refractivity contribution in [2.75, 3.05) is 26.2 Å². The topological polar surface area (TPSA) is 143 Å². The van der Waals surface area contributed by atoms with Gasteiger partial charge in [-0.1, -0.05) is 58.0 Å². The minimum absolute atomic E-state index is 0.0125. The third kappa shape index (κ3) is 8.90. The zero-order valence-corrected chi connectivity index (χ0v) is 29.9. The van der Waals surface area contributed by atoms with Crippen molar-refractivity contribution in [2.24, 2.45) is 11.8 Å². The molecule has 2 aromatic carbocycles. The molecule has 4 rings (SSSR count). The van der Waals surface area contributed by atoms with E-state index in [1.807, 2.05) is 70.3 Å². The van der Waals surface area contributed by atoms with Crippen LogP contribution in [-0.2, 0) is 27.8 Å². The maximum atomic E-state index is 14.4. The molecule has 1 fully saturated rings. The third-order valence-corrected chi connectivity index (χ3v) is 11.1. The number of aliphatic hydroxyl groups excluding tert-OH is 1. The minimum atomic E-state index is -4.33. The van der Waals surface area contributed by atoms with Crippen molar-refractivity contribution in [3.8, 4) is 5.75 Å². The average molecular weight is 704 g/mol. The molecule has 3 amide bonds. The number of carbonyl (C=O) groups is 2. The standard InChI is InChI=1S/C34H46FN5O6S2/c1-21(2)17-39(48(45,46)31-16-27(35)29(41)14-23(31)5)19-30(42)28(15-25-10-8-7-9-11-25)37-33(43)32(22(3)4)40-13-12-38(34(40)44)18-26-20-47-24(6)36-26/h7-11,14,16,20-22,28,30,32,41-42H,12-13,15,17-19H2,1-6H3,(H,37,43)/t28-,30+,32-/m0/s1. The number of aromatic nitrogens is 1. The van der Waals surface area contributed by atoms with E-state index in [2.05, 4.69) is 10.3 Å². The fourth-order valence-corrected chi connectivity index (χ4v) is 8.43. The van der Waals surface area contributed by atoms with Gasteiger partial charge in [0.15, 0.2) is 11.6 Å². The van der Waals surface area contributed by atoms with Crippen molar-refractivity contribution < 1.29 is 32.6 Å². The number of urea groups is 1. The van der Waals surface area contributed by atoms with Crippen LogP contribution in [0.2, 0.25) is 0 Å². The summed E-state index contributed by atoms with van der Waals surface area (Å²) in [6.07, 6.45) is -1.19. The van der Waals surface area contributed by atoms with Gasteiger partial charge in [-0.25, -0.2) is 22.6 Å². The number of carbonyl (C=O) groups excluding carboxylic acids is 2. The molecule has 14 heteroatoms. The highest BCUT2D eigenvalue weighted by Crippen LogP contribution is 2.28. The highest BCUT2D eigenvalue weighted by atomic mass is 32.2. The lowest BCUT2D eigenvalue weighted by molar-refractivity contribution is -0.128. The number of amides is 3. The molecule has 1 aliphatic rings. The summed E-state index contributed by atoms with van der Waals surface area (Å²) in [6, 6.07) is 8.97. The number of aryl methyl sites for hydroxylation is 2. The van der Waals surface area contributed by atoms with E-state index in [0.29, 0.717) is 19.6 Å². The van der Waals surface area contributed by atoms with Gasteiger partial charge >= 0.3 is 6.03 Å². The average Bonchev–Trinajstić information content (AvgIpc) is 3.58. The van der Waals surface area contributed by atoms with Crippen molar-refractivity contribution in [1.29, 1.82) is 0 Å². The summed E-state index contributed by atoms with van der Waals surface area (Å²) in [5.74, 6) is -2.62. The van der Waals surface area contributed by atoms with Crippen molar-refractivity contribution in [2.45, 2.75) is 77.6 Å². The lowest BCUT2D eigenvalue weighted by Gasteiger charge is -2.34. The minimum Gasteiger partial charge on any atom is -0.505 e. The number of rotatable bonds is 15. The van der Waals surface area contributed by atoms with Crippen LogP contribution in [0.4, 0.5) is 9.18 Å². The molecule has 0 unspecified atom stereocenters. The second-order valence-electron chi connectivity index (χ2n) is 13.1. The van der Waals surface area contributed by atoms with Crippen LogP contribution in [0.1, 0.15) is 49.5 Å². The zero-order chi connectivity index (χ0) is 35.3. The van der Waals surface area contributed by atoms with E-state index in [1.165, 1.54) is 18.3 Å². The van der Waals surface area contributed by atoms with Gasteiger partial charge in [-0.15, -0.1) is 11.3 Å². The van der Waals surface area contributed by atoms with Crippen LogP contribution < -0.4 is 5.32 Å². The van der Waals surface area contributed by atoms with E-state index in [-0.39, 0.29) is 41.3 Å². The SMILES string of the molecule is Cc1nc(CN2CCN([C@H](C(=O)N[C@@H](Cc3ccccc3)[C@H](O)CN(CC(C)C)S(=O)(=O)c3cc(F)c(O)cc3C)C(C)C)C2=O)cs1. The van der Waals surface area contributed by atoms with Crippen LogP contribution in [0.15, 0.2) is 52.7 Å². The molecule has 262 valence electrons. The van der Waals surface area contributed by atoms with Crippen LogP contribution in [0.5, 0.6) is 5.75 Å². The first-order valence-electron chi connectivity index (χ1n) is 16.1. The van der Waals surface area contributed by atoms with Crippen LogP contribution in [0.25, 0.3) is 0 Å². The summed E-state index contributed by atoms with van der Waals surface area (Å²) in [4.78, 5) is 34.9. The summed E-state index contributed by atoms with van der Waals surface area (Å²) in [6.45, 7) is 11.4. The van der Waals surface area contributed by atoms with E-state index < -0.39 is 52.2 Å². The number of hydrogen-bond donors (Lipinski definition) is 3. The maximum absolute atomic E-state index is 14.4. The number of aromatic hydroxyl groups is 1. The number of thiazole rings is 1. The second-order valence-corrected chi connectivity index (χ2v) is 16.1. The van der Waals surface area contributed by atoms with Crippen LogP contribution >= 0.6 is 11.3 Å². The van der Waals surface area contributed by atoms with Gasteiger partial charge in [0.25, 0.3) is 0 Å². The Labute approximate surface area is 286 Å². The first-order valence-corrected chi connectivity index (χ1v) is 18.4. The molecule has 0 radical (unpaired) electrons. The Morgan fingerprint density at radius 2 is 1.79 bits per heavy atom. The monoisotopic (exact) mass is 703 g/mol. The van der Waals surface area contributed by atoms with Gasteiger partial charge in [-0.2, -0.15) is 4.31 Å². The van der Waals surface area contributed by atoms with Crippen LogP contribution in [0, 0.1) is 31.5 Å². The van der Waals surface area contributed by atoms with Gasteiger partial charge in [-0.05, 0) is 55.4 Å². The molecule has 3 aromatic rings. The van der Waals surface area contributed by atoms with Gasteiger partial charge in [0.05, 0.1) is 34.3 Å². The number of hydrogen-bond acceptors (Lipinski definition) is 8. The van der Waals surface area contributed by atoms with E-state index in [0.717, 1.165) is 32.7 Å². The van der Waals surface area contributed by atoms with Crippen molar-refractivity contribution in [1.82, 2.24) is 24.4 Å². The number of halogens is 1. The van der Waals surface area contributed by atoms with Crippen molar-refractivity contribution >= 4 is 33.3 Å². The Morgan fingerprint density at radius 1 is 1.10 bits per heavy atom. The van der Waals surface area contributed by atoms with E-state index in [1.54, 1.807) is 9.80 Å². The first-order chi connectivity index (χ1) is 22.6. The molecule has 3 atom stereocenters. The summed E-state index contributed by atoms with van der Waals surface area (Å²) < 4.78 is 43.2. The molecule has 1 aliphatic heterocycles. The Kier molecular flexibility index (Phi) is 12.2. The van der Waals surface area contributed by atoms with Gasteiger partial charge in [0, 0.05) is 31.6 Å². The molecule has 1 aromatic heterocycles. The normalized spacial score (nSPS) is 15.9. The van der Waals surface area contributed by atoms with Gasteiger partial charge in [0.2, 0.25) is 15.9 Å². The van der Waals surface area contributed by atoms with Crippen molar-refractivity contribution in [3.63, 3.8) is 0 Å². The second kappa shape index (κ2) is 15.7. The van der Waals surface area contributed by atoms with Crippen LogP contribution in [0.3, 0.4) is 0 Å². The lowest BCUT2D eigenvalue weighted by Crippen LogP contribution is -2.57. The van der Waals surface area contributed by atoms with Gasteiger partial charge < -0.3 is 25.3 Å². The predicted molar refractivity (Wildman–Crippen MR) is 182 cm³/mol. The number of aliphatic hydroxyl groups is 1. The highest BCUT2D eigenvalue weighted by molar-refractivity contribution is 7.89. The Balaban J connectivity index is 1.60. The van der Waals surface area contributed by atoms with Crippen molar-refractivity contribution in [3.05, 3.63) is 75.5 Å². The van der Waals surface area contributed by atoms with E-state index >= 15 is 0 Å². The fraction of sp³-hybridized carbons (Fsp3) is 0.500. The Bertz CT molecular complexity index is 1680. The molecule has 0 saturated carbocycles. The van der Waals surface area contributed by atoms with Crippen LogP contribution in [-0.4, -0.2) is 94.0 Å². The molecule has 2 heterocycles. The molecule has 0 aliphatic carbocycles. The largest absolute Gasteiger partial charge is 0.505 e. The molecule has 1 saturated heterocycles. The first kappa shape index (κ1) is 37.2.